The van der Waals surface area contributed by atoms with Crippen LogP contribution in [-0.4, -0.2) is 30.5 Å². The highest BCUT2D eigenvalue weighted by Gasteiger charge is 2.35. The average molecular weight is 371 g/mol. The number of ether oxygens (including phenoxy) is 1. The predicted molar refractivity (Wildman–Crippen MR) is 101 cm³/mol. The smallest absolute Gasteiger partial charge is 0.231 e. The van der Waals surface area contributed by atoms with Crippen LogP contribution in [0.4, 0.5) is 10.8 Å². The minimum absolute atomic E-state index is 0.0336. The lowest BCUT2D eigenvalue weighted by atomic mass is 10.0. The van der Waals surface area contributed by atoms with Crippen LogP contribution in [0.3, 0.4) is 0 Å². The molecular formula is C19H21N3O3S. The number of aryl methyl sites for hydroxylation is 2. The third-order valence-corrected chi connectivity index (χ3v) is 6.03. The van der Waals surface area contributed by atoms with Gasteiger partial charge in [-0.1, -0.05) is 0 Å². The van der Waals surface area contributed by atoms with E-state index in [-0.39, 0.29) is 24.2 Å². The Morgan fingerprint density at radius 2 is 2.04 bits per heavy atom. The first-order valence-electron chi connectivity index (χ1n) is 8.88. The number of hydrogen-bond acceptors (Lipinski definition) is 5. The zero-order chi connectivity index (χ0) is 18.1. The molecule has 1 unspecified atom stereocenters. The maximum absolute atomic E-state index is 12.6. The number of benzene rings is 1. The monoisotopic (exact) mass is 371 g/mol. The highest BCUT2D eigenvalue weighted by molar-refractivity contribution is 7.15. The molecule has 1 aromatic carbocycles. The van der Waals surface area contributed by atoms with Gasteiger partial charge in [0.2, 0.25) is 11.8 Å². The van der Waals surface area contributed by atoms with Crippen molar-refractivity contribution in [2.75, 3.05) is 23.9 Å². The molecule has 2 aliphatic rings. The molecule has 1 aromatic heterocycles. The van der Waals surface area contributed by atoms with Crippen molar-refractivity contribution in [3.63, 3.8) is 0 Å². The number of carbonyl (C=O) groups excluding carboxylic acids is 2. The SMILES string of the molecule is COc1ccc(N2CC(C(=O)Nc3nc4c(s3)CCCC4)CC2=O)cc1. The number of hydrogen-bond donors (Lipinski definition) is 1. The maximum atomic E-state index is 12.6. The van der Waals surface area contributed by atoms with Gasteiger partial charge in [-0.15, -0.1) is 11.3 Å². The van der Waals surface area contributed by atoms with E-state index in [1.165, 1.54) is 11.3 Å². The summed E-state index contributed by atoms with van der Waals surface area (Å²) in [4.78, 5) is 32.5. The van der Waals surface area contributed by atoms with Crippen LogP contribution < -0.4 is 15.0 Å². The van der Waals surface area contributed by atoms with Crippen LogP contribution in [0.25, 0.3) is 0 Å². The normalized spacial score (nSPS) is 19.3. The van der Waals surface area contributed by atoms with E-state index in [1.54, 1.807) is 23.3 Å². The van der Waals surface area contributed by atoms with Gasteiger partial charge >= 0.3 is 0 Å². The fourth-order valence-electron chi connectivity index (χ4n) is 3.51. The third kappa shape index (κ3) is 3.31. The summed E-state index contributed by atoms with van der Waals surface area (Å²) in [5.41, 5.74) is 1.91. The van der Waals surface area contributed by atoms with Crippen molar-refractivity contribution in [2.24, 2.45) is 5.92 Å². The quantitative estimate of drug-likeness (QED) is 0.897. The highest BCUT2D eigenvalue weighted by Crippen LogP contribution is 2.31. The van der Waals surface area contributed by atoms with Gasteiger partial charge in [-0.25, -0.2) is 4.98 Å². The van der Waals surface area contributed by atoms with Gasteiger partial charge in [0.15, 0.2) is 5.13 Å². The molecule has 26 heavy (non-hydrogen) atoms. The largest absolute Gasteiger partial charge is 0.497 e. The lowest BCUT2D eigenvalue weighted by Crippen LogP contribution is -2.28. The molecule has 0 spiro atoms. The lowest BCUT2D eigenvalue weighted by molar-refractivity contribution is -0.122. The van der Waals surface area contributed by atoms with Crippen LogP contribution in [0.2, 0.25) is 0 Å². The minimum atomic E-state index is -0.356. The summed E-state index contributed by atoms with van der Waals surface area (Å²) in [5, 5.41) is 3.59. The number of aromatic nitrogens is 1. The first-order valence-corrected chi connectivity index (χ1v) is 9.69. The molecule has 0 bridgehead atoms. The lowest BCUT2D eigenvalue weighted by Gasteiger charge is -2.16. The number of amides is 2. The number of methoxy groups -OCH3 is 1. The Morgan fingerprint density at radius 3 is 2.77 bits per heavy atom. The fraction of sp³-hybridized carbons (Fsp3) is 0.421. The molecule has 136 valence electrons. The predicted octanol–water partition coefficient (Wildman–Crippen LogP) is 3.02. The Morgan fingerprint density at radius 1 is 1.27 bits per heavy atom. The van der Waals surface area contributed by atoms with E-state index in [9.17, 15) is 9.59 Å². The third-order valence-electron chi connectivity index (χ3n) is 4.96. The molecule has 0 saturated carbocycles. The Balaban J connectivity index is 1.42. The van der Waals surface area contributed by atoms with Crippen molar-refractivity contribution in [3.8, 4) is 5.75 Å². The van der Waals surface area contributed by atoms with Gasteiger partial charge in [-0.05, 0) is 49.9 Å². The second kappa shape index (κ2) is 7.07. The number of anilines is 2. The van der Waals surface area contributed by atoms with Crippen molar-refractivity contribution in [1.82, 2.24) is 4.98 Å². The molecular weight excluding hydrogens is 350 g/mol. The Bertz CT molecular complexity index is 808. The van der Waals surface area contributed by atoms with E-state index in [0.717, 1.165) is 36.4 Å². The van der Waals surface area contributed by atoms with Crippen molar-refractivity contribution >= 4 is 34.0 Å². The number of rotatable bonds is 4. The summed E-state index contributed by atoms with van der Waals surface area (Å²) >= 11 is 1.57. The Kier molecular flexibility index (Phi) is 4.63. The molecule has 7 heteroatoms. The van der Waals surface area contributed by atoms with Crippen LogP contribution in [0.1, 0.15) is 29.8 Å². The summed E-state index contributed by atoms with van der Waals surface area (Å²) < 4.78 is 5.15. The van der Waals surface area contributed by atoms with Crippen molar-refractivity contribution in [2.45, 2.75) is 32.1 Å². The van der Waals surface area contributed by atoms with Gasteiger partial charge < -0.3 is 15.0 Å². The van der Waals surface area contributed by atoms with Gasteiger partial charge in [0.1, 0.15) is 5.75 Å². The average Bonchev–Trinajstić information content (AvgIpc) is 3.24. The van der Waals surface area contributed by atoms with Gasteiger partial charge in [0, 0.05) is 23.5 Å². The van der Waals surface area contributed by atoms with Gasteiger partial charge in [0.25, 0.3) is 0 Å². The van der Waals surface area contributed by atoms with E-state index in [2.05, 4.69) is 10.3 Å². The first kappa shape index (κ1) is 17.0. The van der Waals surface area contributed by atoms with Crippen LogP contribution in [0, 0.1) is 5.92 Å². The molecule has 1 N–H and O–H groups in total. The van der Waals surface area contributed by atoms with E-state index >= 15 is 0 Å². The molecule has 0 radical (unpaired) electrons. The maximum Gasteiger partial charge on any atom is 0.231 e. The Labute approximate surface area is 156 Å². The summed E-state index contributed by atoms with van der Waals surface area (Å²) in [6.07, 6.45) is 4.63. The van der Waals surface area contributed by atoms with E-state index in [0.29, 0.717) is 11.7 Å². The summed E-state index contributed by atoms with van der Waals surface area (Å²) in [6, 6.07) is 7.31. The van der Waals surface area contributed by atoms with Gasteiger partial charge in [0.05, 0.1) is 18.7 Å². The minimum Gasteiger partial charge on any atom is -0.497 e. The van der Waals surface area contributed by atoms with E-state index in [1.807, 2.05) is 24.3 Å². The number of nitrogens with one attached hydrogen (secondary N) is 1. The van der Waals surface area contributed by atoms with E-state index < -0.39 is 0 Å². The topological polar surface area (TPSA) is 71.5 Å². The zero-order valence-electron chi connectivity index (χ0n) is 14.7. The first-order chi connectivity index (χ1) is 12.6. The number of nitrogens with zero attached hydrogens (tertiary/aromatic N) is 2. The standard InChI is InChI=1S/C19H21N3O3S/c1-25-14-8-6-13(7-9-14)22-11-12(10-17(22)23)18(24)21-19-20-15-4-2-3-5-16(15)26-19/h6-9,12H,2-5,10-11H2,1H3,(H,20,21,24). The van der Waals surface area contributed by atoms with Crippen molar-refractivity contribution in [3.05, 3.63) is 34.8 Å². The Hall–Kier alpha value is -2.41. The molecule has 4 rings (SSSR count). The van der Waals surface area contributed by atoms with Crippen LogP contribution in [0.5, 0.6) is 5.75 Å². The molecule has 1 saturated heterocycles. The second-order valence-corrected chi connectivity index (χ2v) is 7.77. The van der Waals surface area contributed by atoms with Gasteiger partial charge in [-0.2, -0.15) is 0 Å². The summed E-state index contributed by atoms with van der Waals surface area (Å²) in [6.45, 7) is 0.391. The summed E-state index contributed by atoms with van der Waals surface area (Å²) in [5.74, 6) is 0.224. The van der Waals surface area contributed by atoms with Crippen LogP contribution >= 0.6 is 11.3 Å². The van der Waals surface area contributed by atoms with Crippen molar-refractivity contribution < 1.29 is 14.3 Å². The zero-order valence-corrected chi connectivity index (χ0v) is 15.5. The van der Waals surface area contributed by atoms with Crippen LogP contribution in [-0.2, 0) is 22.4 Å². The number of thiazole rings is 1. The fourth-order valence-corrected chi connectivity index (χ4v) is 4.56. The van der Waals surface area contributed by atoms with E-state index in [4.69, 9.17) is 4.74 Å². The summed E-state index contributed by atoms with van der Waals surface area (Å²) in [7, 11) is 1.60. The number of carbonyl (C=O) groups is 2. The molecule has 1 aliphatic heterocycles. The molecule has 6 nitrogen and oxygen atoms in total. The van der Waals surface area contributed by atoms with Gasteiger partial charge in [-0.3, -0.25) is 9.59 Å². The second-order valence-electron chi connectivity index (χ2n) is 6.69. The van der Waals surface area contributed by atoms with Crippen molar-refractivity contribution in [1.29, 1.82) is 0 Å². The molecule has 1 atom stereocenters. The molecule has 2 aromatic rings. The molecule has 2 heterocycles. The highest BCUT2D eigenvalue weighted by atomic mass is 32.1. The molecule has 1 aliphatic carbocycles. The number of fused-ring (bicyclic) bond motifs is 1. The van der Waals surface area contributed by atoms with Crippen LogP contribution in [0.15, 0.2) is 24.3 Å². The molecule has 1 fully saturated rings. The molecule has 2 amide bonds.